The van der Waals surface area contributed by atoms with Gasteiger partial charge in [-0.15, -0.1) is 0 Å². The van der Waals surface area contributed by atoms with E-state index in [1.54, 1.807) is 0 Å². The lowest BCUT2D eigenvalue weighted by Gasteiger charge is -2.17. The summed E-state index contributed by atoms with van der Waals surface area (Å²) in [6, 6.07) is 0. The van der Waals surface area contributed by atoms with E-state index in [0.717, 1.165) is 4.53 Å². The maximum Gasteiger partial charge on any atom is 0.254 e. The zero-order valence-corrected chi connectivity index (χ0v) is 7.41. The molecular formula is C5H3Cl3N2O. The van der Waals surface area contributed by atoms with Crippen LogP contribution in [0.1, 0.15) is 0 Å². The van der Waals surface area contributed by atoms with E-state index >= 15 is 0 Å². The molecule has 1 N–H and O–H groups in total. The minimum atomic E-state index is -0.602. The van der Waals surface area contributed by atoms with Crippen LogP contribution in [0, 0.1) is 0 Å². The standard InChI is InChI=1S/C5H3Cl3N2O/c6-4-1-3(5(7)11)2-10(8)9-4/h1-2,9H. The van der Waals surface area contributed by atoms with Gasteiger partial charge in [-0.25, -0.2) is 4.53 Å². The lowest BCUT2D eigenvalue weighted by Crippen LogP contribution is -2.26. The average Bonchev–Trinajstić information content (AvgIpc) is 1.85. The second kappa shape index (κ2) is 3.34. The van der Waals surface area contributed by atoms with Gasteiger partial charge in [0.1, 0.15) is 5.16 Å². The number of rotatable bonds is 1. The second-order valence-corrected chi connectivity index (χ2v) is 2.89. The third kappa shape index (κ3) is 2.29. The SMILES string of the molecule is O=C(Cl)C1=CN(Cl)NC(Cl)=C1. The number of carbonyl (C=O) groups excluding carboxylic acids is 1. The zero-order chi connectivity index (χ0) is 8.43. The molecular weight excluding hydrogens is 210 g/mol. The van der Waals surface area contributed by atoms with Crippen LogP contribution in [0.15, 0.2) is 23.0 Å². The van der Waals surface area contributed by atoms with Crippen molar-refractivity contribution in [1.29, 1.82) is 0 Å². The Kier molecular flexibility index (Phi) is 2.65. The van der Waals surface area contributed by atoms with E-state index in [4.69, 9.17) is 35.0 Å². The first-order chi connectivity index (χ1) is 5.09. The van der Waals surface area contributed by atoms with Crippen molar-refractivity contribution in [3.05, 3.63) is 23.0 Å². The highest BCUT2D eigenvalue weighted by atomic mass is 35.5. The first-order valence-corrected chi connectivity index (χ1v) is 3.69. The Morgan fingerprint density at radius 1 is 1.64 bits per heavy atom. The summed E-state index contributed by atoms with van der Waals surface area (Å²) in [5, 5.41) is -0.359. The number of hydrogen-bond acceptors (Lipinski definition) is 3. The number of nitrogens with zero attached hydrogens (tertiary/aromatic N) is 1. The van der Waals surface area contributed by atoms with E-state index in [-0.39, 0.29) is 10.7 Å². The van der Waals surface area contributed by atoms with Crippen LogP contribution in [-0.4, -0.2) is 9.77 Å². The van der Waals surface area contributed by atoms with Gasteiger partial charge < -0.3 is 0 Å². The summed E-state index contributed by atoms with van der Waals surface area (Å²) >= 11 is 16.1. The average molecular weight is 213 g/mol. The Labute approximate surface area is 78.3 Å². The van der Waals surface area contributed by atoms with Gasteiger partial charge in [-0.05, 0) is 17.7 Å². The van der Waals surface area contributed by atoms with Gasteiger partial charge in [0.25, 0.3) is 5.24 Å². The Morgan fingerprint density at radius 3 is 2.73 bits per heavy atom. The molecule has 11 heavy (non-hydrogen) atoms. The number of nitrogens with one attached hydrogen (secondary N) is 1. The largest absolute Gasteiger partial charge is 0.276 e. The van der Waals surface area contributed by atoms with Crippen molar-refractivity contribution in [3.8, 4) is 0 Å². The number of allylic oxidation sites excluding steroid dienone is 2. The summed E-state index contributed by atoms with van der Waals surface area (Å²) in [7, 11) is 0. The molecule has 0 amide bonds. The minimum Gasteiger partial charge on any atom is -0.276 e. The molecule has 1 aliphatic heterocycles. The number of hydrogen-bond donors (Lipinski definition) is 1. The molecule has 6 heteroatoms. The van der Waals surface area contributed by atoms with Crippen LogP contribution in [0.5, 0.6) is 0 Å². The highest BCUT2D eigenvalue weighted by Gasteiger charge is 2.11. The van der Waals surface area contributed by atoms with Crippen molar-refractivity contribution in [2.75, 3.05) is 0 Å². The topological polar surface area (TPSA) is 32.3 Å². The van der Waals surface area contributed by atoms with Crippen molar-refractivity contribution in [2.24, 2.45) is 0 Å². The van der Waals surface area contributed by atoms with E-state index < -0.39 is 5.24 Å². The van der Waals surface area contributed by atoms with Gasteiger partial charge in [-0.3, -0.25) is 10.2 Å². The molecule has 1 rings (SSSR count). The van der Waals surface area contributed by atoms with Crippen LogP contribution in [0.25, 0.3) is 0 Å². The molecule has 1 heterocycles. The number of hydrazine groups is 1. The maximum atomic E-state index is 10.6. The molecule has 0 saturated carbocycles. The van der Waals surface area contributed by atoms with Crippen molar-refractivity contribution in [1.82, 2.24) is 9.95 Å². The first kappa shape index (κ1) is 8.71. The zero-order valence-electron chi connectivity index (χ0n) is 5.14. The predicted molar refractivity (Wildman–Crippen MR) is 43.7 cm³/mol. The smallest absolute Gasteiger partial charge is 0.254 e. The van der Waals surface area contributed by atoms with Crippen molar-refractivity contribution in [2.45, 2.75) is 0 Å². The molecule has 0 aromatic carbocycles. The van der Waals surface area contributed by atoms with Gasteiger partial charge >= 0.3 is 0 Å². The molecule has 0 aromatic heterocycles. The van der Waals surface area contributed by atoms with Crippen LogP contribution in [0.2, 0.25) is 0 Å². The van der Waals surface area contributed by atoms with Gasteiger partial charge in [0.05, 0.1) is 11.8 Å². The predicted octanol–water partition coefficient (Wildman–Crippen LogP) is 1.69. The van der Waals surface area contributed by atoms with E-state index in [2.05, 4.69) is 5.43 Å². The van der Waals surface area contributed by atoms with Crippen LogP contribution >= 0.6 is 35.0 Å². The second-order valence-electron chi connectivity index (χ2n) is 1.77. The fraction of sp³-hybridized carbons (Fsp3) is 0. The molecule has 3 nitrogen and oxygen atoms in total. The molecule has 0 bridgehead atoms. The Balaban J connectivity index is 2.87. The van der Waals surface area contributed by atoms with E-state index in [0.29, 0.717) is 0 Å². The van der Waals surface area contributed by atoms with E-state index in [1.165, 1.54) is 12.3 Å². The molecule has 0 aromatic rings. The molecule has 0 fully saturated rings. The minimum absolute atomic E-state index is 0.241. The first-order valence-electron chi connectivity index (χ1n) is 2.60. The third-order valence-corrected chi connectivity index (χ3v) is 1.57. The van der Waals surface area contributed by atoms with Crippen molar-refractivity contribution < 1.29 is 4.79 Å². The van der Waals surface area contributed by atoms with Crippen LogP contribution < -0.4 is 5.43 Å². The highest BCUT2D eigenvalue weighted by Crippen LogP contribution is 2.15. The third-order valence-electron chi connectivity index (χ3n) is 0.975. The molecule has 60 valence electrons. The molecule has 0 spiro atoms. The Bertz CT molecular complexity index is 248. The van der Waals surface area contributed by atoms with Gasteiger partial charge in [-0.2, -0.15) is 0 Å². The number of carbonyl (C=O) groups is 1. The summed E-state index contributed by atoms with van der Waals surface area (Å²) in [4.78, 5) is 10.6. The maximum absolute atomic E-state index is 10.6. The lowest BCUT2D eigenvalue weighted by atomic mass is 10.3. The van der Waals surface area contributed by atoms with Gasteiger partial charge in [0.2, 0.25) is 0 Å². The van der Waals surface area contributed by atoms with E-state index in [1.807, 2.05) is 0 Å². The fourth-order valence-corrected chi connectivity index (χ4v) is 1.12. The van der Waals surface area contributed by atoms with Gasteiger partial charge in [0, 0.05) is 11.8 Å². The Hall–Kier alpha value is -0.380. The summed E-state index contributed by atoms with van der Waals surface area (Å²) in [5.74, 6) is 0. The fourth-order valence-electron chi connectivity index (χ4n) is 0.570. The summed E-state index contributed by atoms with van der Waals surface area (Å²) in [6.45, 7) is 0. The molecule has 0 atom stereocenters. The normalized spacial score (nSPS) is 16.8. The summed E-state index contributed by atoms with van der Waals surface area (Å²) in [5.41, 5.74) is 2.74. The summed E-state index contributed by atoms with van der Waals surface area (Å²) in [6.07, 6.45) is 2.71. The van der Waals surface area contributed by atoms with E-state index in [9.17, 15) is 4.79 Å². The van der Waals surface area contributed by atoms with Crippen LogP contribution in [0.4, 0.5) is 0 Å². The van der Waals surface area contributed by atoms with Crippen molar-refractivity contribution >= 4 is 40.2 Å². The van der Waals surface area contributed by atoms with Gasteiger partial charge in [0.15, 0.2) is 0 Å². The number of halogens is 3. The highest BCUT2D eigenvalue weighted by molar-refractivity contribution is 6.68. The molecule has 0 radical (unpaired) electrons. The van der Waals surface area contributed by atoms with Crippen LogP contribution in [-0.2, 0) is 4.79 Å². The molecule has 0 unspecified atom stereocenters. The van der Waals surface area contributed by atoms with Crippen LogP contribution in [0.3, 0.4) is 0 Å². The molecule has 0 saturated heterocycles. The lowest BCUT2D eigenvalue weighted by molar-refractivity contribution is -0.108. The van der Waals surface area contributed by atoms with Crippen molar-refractivity contribution in [3.63, 3.8) is 0 Å². The van der Waals surface area contributed by atoms with Gasteiger partial charge in [-0.1, -0.05) is 11.6 Å². The quantitative estimate of drug-likeness (QED) is 0.409. The monoisotopic (exact) mass is 212 g/mol. The summed E-state index contributed by atoms with van der Waals surface area (Å²) < 4.78 is 1.03. The molecule has 1 aliphatic rings. The molecule has 0 aliphatic carbocycles. The Morgan fingerprint density at radius 2 is 2.27 bits per heavy atom.